The Kier molecular flexibility index (Phi) is 2.39. The predicted molar refractivity (Wildman–Crippen MR) is 61.0 cm³/mol. The quantitative estimate of drug-likeness (QED) is 0.720. The van der Waals surface area contributed by atoms with E-state index in [0.717, 1.165) is 18.0 Å². The zero-order valence-electron chi connectivity index (χ0n) is 9.30. The Morgan fingerprint density at radius 3 is 3.12 bits per heavy atom. The first-order chi connectivity index (χ1) is 7.84. The Morgan fingerprint density at radius 1 is 1.44 bits per heavy atom. The third kappa shape index (κ3) is 1.60. The summed E-state index contributed by atoms with van der Waals surface area (Å²) in [4.78, 5) is 18.4. The van der Waals surface area contributed by atoms with Crippen molar-refractivity contribution in [3.63, 3.8) is 0 Å². The van der Waals surface area contributed by atoms with Gasteiger partial charge in [-0.05, 0) is 37.3 Å². The molecule has 84 valence electrons. The van der Waals surface area contributed by atoms with Gasteiger partial charge in [-0.15, -0.1) is 0 Å². The third-order valence-electron chi connectivity index (χ3n) is 3.82. The van der Waals surface area contributed by atoms with Crippen LogP contribution in [-0.4, -0.2) is 28.4 Å². The van der Waals surface area contributed by atoms with Crippen LogP contribution in [0.4, 0.5) is 0 Å². The highest BCUT2D eigenvalue weighted by Gasteiger charge is 2.37. The SMILES string of the molecule is O=C(c1cccnc1)N1CC2CCCC1C2. The van der Waals surface area contributed by atoms with Gasteiger partial charge in [0.2, 0.25) is 0 Å². The monoisotopic (exact) mass is 216 g/mol. The second-order valence-corrected chi connectivity index (χ2v) is 4.89. The van der Waals surface area contributed by atoms with E-state index in [9.17, 15) is 4.79 Å². The van der Waals surface area contributed by atoms with Crippen LogP contribution in [0.5, 0.6) is 0 Å². The van der Waals surface area contributed by atoms with Crippen LogP contribution in [0, 0.1) is 5.92 Å². The van der Waals surface area contributed by atoms with Gasteiger partial charge in [0.1, 0.15) is 0 Å². The maximum atomic E-state index is 12.3. The van der Waals surface area contributed by atoms with E-state index in [2.05, 4.69) is 9.88 Å². The molecule has 2 heterocycles. The number of hydrogen-bond donors (Lipinski definition) is 0. The van der Waals surface area contributed by atoms with Gasteiger partial charge in [0.05, 0.1) is 5.56 Å². The number of carbonyl (C=O) groups is 1. The van der Waals surface area contributed by atoms with Gasteiger partial charge in [-0.3, -0.25) is 9.78 Å². The van der Waals surface area contributed by atoms with Gasteiger partial charge in [0.25, 0.3) is 5.91 Å². The summed E-state index contributed by atoms with van der Waals surface area (Å²) in [6, 6.07) is 4.18. The second kappa shape index (κ2) is 3.89. The number of rotatable bonds is 1. The first-order valence-electron chi connectivity index (χ1n) is 6.05. The zero-order chi connectivity index (χ0) is 11.0. The van der Waals surface area contributed by atoms with E-state index in [1.807, 2.05) is 12.1 Å². The van der Waals surface area contributed by atoms with E-state index < -0.39 is 0 Å². The van der Waals surface area contributed by atoms with Crippen LogP contribution in [0.15, 0.2) is 24.5 Å². The molecule has 1 aromatic heterocycles. The number of pyridine rings is 1. The average Bonchev–Trinajstić information content (AvgIpc) is 2.64. The summed E-state index contributed by atoms with van der Waals surface area (Å²) in [5.41, 5.74) is 0.732. The molecule has 2 atom stereocenters. The third-order valence-corrected chi connectivity index (χ3v) is 3.82. The molecule has 2 bridgehead atoms. The van der Waals surface area contributed by atoms with Crippen molar-refractivity contribution in [2.24, 2.45) is 5.92 Å². The Morgan fingerprint density at radius 2 is 2.38 bits per heavy atom. The first-order valence-corrected chi connectivity index (χ1v) is 6.05. The van der Waals surface area contributed by atoms with Crippen molar-refractivity contribution in [3.8, 4) is 0 Å². The van der Waals surface area contributed by atoms with Crippen LogP contribution in [0.3, 0.4) is 0 Å². The molecule has 0 N–H and O–H groups in total. The summed E-state index contributed by atoms with van der Waals surface area (Å²) in [6.07, 6.45) is 8.36. The largest absolute Gasteiger partial charge is 0.335 e. The Labute approximate surface area is 95.5 Å². The highest BCUT2D eigenvalue weighted by molar-refractivity contribution is 5.94. The summed E-state index contributed by atoms with van der Waals surface area (Å²) in [5, 5.41) is 0. The number of nitrogens with zero attached hydrogens (tertiary/aromatic N) is 2. The van der Waals surface area contributed by atoms with E-state index >= 15 is 0 Å². The molecule has 1 amide bonds. The van der Waals surface area contributed by atoms with Crippen molar-refractivity contribution in [1.29, 1.82) is 0 Å². The number of hydrogen-bond acceptors (Lipinski definition) is 2. The molecule has 1 aromatic rings. The number of carbonyl (C=O) groups excluding carboxylic acids is 1. The lowest BCUT2D eigenvalue weighted by atomic mass is 9.90. The molecule has 3 heteroatoms. The second-order valence-electron chi connectivity index (χ2n) is 4.89. The average molecular weight is 216 g/mol. The Bertz CT molecular complexity index is 390. The number of amides is 1. The van der Waals surface area contributed by atoms with E-state index in [4.69, 9.17) is 0 Å². The summed E-state index contributed by atoms with van der Waals surface area (Å²) in [5.74, 6) is 0.918. The molecule has 0 spiro atoms. The highest BCUT2D eigenvalue weighted by Crippen LogP contribution is 2.35. The minimum absolute atomic E-state index is 0.169. The van der Waals surface area contributed by atoms with Gasteiger partial charge >= 0.3 is 0 Å². The lowest BCUT2D eigenvalue weighted by Gasteiger charge is -2.24. The molecule has 1 aliphatic carbocycles. The van der Waals surface area contributed by atoms with Crippen LogP contribution in [0.2, 0.25) is 0 Å². The van der Waals surface area contributed by atoms with Crippen molar-refractivity contribution in [1.82, 2.24) is 9.88 Å². The van der Waals surface area contributed by atoms with Crippen molar-refractivity contribution in [2.45, 2.75) is 31.7 Å². The smallest absolute Gasteiger partial charge is 0.255 e. The molecule has 1 saturated heterocycles. The first kappa shape index (κ1) is 9.82. The van der Waals surface area contributed by atoms with Gasteiger partial charge in [0.15, 0.2) is 0 Å². The van der Waals surface area contributed by atoms with Gasteiger partial charge in [0, 0.05) is 25.0 Å². The van der Waals surface area contributed by atoms with E-state index in [1.54, 1.807) is 12.4 Å². The fourth-order valence-electron chi connectivity index (χ4n) is 3.04. The molecular formula is C13H16N2O. The molecule has 16 heavy (non-hydrogen) atoms. The lowest BCUT2D eigenvalue weighted by Crippen LogP contribution is -2.35. The summed E-state index contributed by atoms with van der Waals surface area (Å²) in [7, 11) is 0. The molecule has 0 aromatic carbocycles. The zero-order valence-corrected chi connectivity index (χ0v) is 9.30. The topological polar surface area (TPSA) is 33.2 Å². The minimum atomic E-state index is 0.169. The van der Waals surface area contributed by atoms with Gasteiger partial charge in [-0.25, -0.2) is 0 Å². The van der Waals surface area contributed by atoms with E-state index in [0.29, 0.717) is 6.04 Å². The fourth-order valence-corrected chi connectivity index (χ4v) is 3.04. The Hall–Kier alpha value is -1.38. The van der Waals surface area contributed by atoms with Gasteiger partial charge in [-0.1, -0.05) is 6.42 Å². The van der Waals surface area contributed by atoms with Crippen LogP contribution < -0.4 is 0 Å². The summed E-state index contributed by atoms with van der Waals surface area (Å²) in [6.45, 7) is 0.957. The summed E-state index contributed by atoms with van der Waals surface area (Å²) < 4.78 is 0. The van der Waals surface area contributed by atoms with Crippen LogP contribution in [0.1, 0.15) is 36.0 Å². The standard InChI is InChI=1S/C13H16N2O/c16-13(11-4-2-6-14-8-11)15-9-10-3-1-5-12(15)7-10/h2,4,6,8,10,12H,1,3,5,7,9H2. The molecule has 2 unspecified atom stereocenters. The molecule has 2 fully saturated rings. The highest BCUT2D eigenvalue weighted by atomic mass is 16.2. The van der Waals surface area contributed by atoms with Crippen LogP contribution >= 0.6 is 0 Å². The molecule has 1 saturated carbocycles. The summed E-state index contributed by atoms with van der Waals surface area (Å²) >= 11 is 0. The minimum Gasteiger partial charge on any atom is -0.335 e. The number of aromatic nitrogens is 1. The maximum absolute atomic E-state index is 12.3. The van der Waals surface area contributed by atoms with E-state index in [1.165, 1.54) is 25.7 Å². The molecule has 3 nitrogen and oxygen atoms in total. The van der Waals surface area contributed by atoms with Crippen molar-refractivity contribution in [3.05, 3.63) is 30.1 Å². The van der Waals surface area contributed by atoms with Crippen molar-refractivity contribution in [2.75, 3.05) is 6.54 Å². The number of likely N-dealkylation sites (tertiary alicyclic amines) is 1. The maximum Gasteiger partial charge on any atom is 0.255 e. The molecule has 3 rings (SSSR count). The van der Waals surface area contributed by atoms with Crippen molar-refractivity contribution >= 4 is 5.91 Å². The van der Waals surface area contributed by atoms with E-state index in [-0.39, 0.29) is 5.91 Å². The predicted octanol–water partition coefficient (Wildman–Crippen LogP) is 2.10. The van der Waals surface area contributed by atoms with Crippen LogP contribution in [0.25, 0.3) is 0 Å². The molecule has 1 aliphatic heterocycles. The lowest BCUT2D eigenvalue weighted by molar-refractivity contribution is 0.0733. The molecular weight excluding hydrogens is 200 g/mol. The normalized spacial score (nSPS) is 28.1. The number of fused-ring (bicyclic) bond motifs is 2. The van der Waals surface area contributed by atoms with Crippen LogP contribution in [-0.2, 0) is 0 Å². The molecule has 0 radical (unpaired) electrons. The molecule has 2 aliphatic rings. The fraction of sp³-hybridized carbons (Fsp3) is 0.538. The van der Waals surface area contributed by atoms with Gasteiger partial charge in [-0.2, -0.15) is 0 Å². The van der Waals surface area contributed by atoms with Gasteiger partial charge < -0.3 is 4.90 Å². The Balaban J connectivity index is 1.81. The van der Waals surface area contributed by atoms with Crippen molar-refractivity contribution < 1.29 is 4.79 Å².